The van der Waals surface area contributed by atoms with Gasteiger partial charge in [-0.2, -0.15) is 9.94 Å². The van der Waals surface area contributed by atoms with Crippen LogP contribution in [0.3, 0.4) is 0 Å². The Morgan fingerprint density at radius 1 is 1.21 bits per heavy atom. The van der Waals surface area contributed by atoms with Crippen molar-refractivity contribution in [3.63, 3.8) is 0 Å². The highest BCUT2D eigenvalue weighted by Gasteiger charge is 2.35. The molecule has 8 heteroatoms. The lowest BCUT2D eigenvalue weighted by Crippen LogP contribution is -2.50. The first-order valence-corrected chi connectivity index (χ1v) is 10.6. The number of nitriles is 1. The molecule has 1 atom stereocenters. The zero-order chi connectivity index (χ0) is 20.1. The predicted molar refractivity (Wildman–Crippen MR) is 108 cm³/mol. The molecule has 0 aliphatic heterocycles. The lowest BCUT2D eigenvalue weighted by atomic mass is 9.83. The number of benzene rings is 1. The Morgan fingerprint density at radius 2 is 1.89 bits per heavy atom. The predicted octanol–water partition coefficient (Wildman–Crippen LogP) is 3.61. The summed E-state index contributed by atoms with van der Waals surface area (Å²) in [5.41, 5.74) is 1.36. The summed E-state index contributed by atoms with van der Waals surface area (Å²) in [6.07, 6.45) is 4.49. The minimum absolute atomic E-state index is 0.154. The van der Waals surface area contributed by atoms with Crippen molar-refractivity contribution in [1.29, 1.82) is 5.26 Å². The molecule has 1 heterocycles. The summed E-state index contributed by atoms with van der Waals surface area (Å²) in [7, 11) is 0. The number of nitrogens with one attached hydrogen (secondary N) is 1. The molecule has 0 radical (unpaired) electrons. The van der Waals surface area contributed by atoms with Crippen molar-refractivity contribution in [2.24, 2.45) is 0 Å². The summed E-state index contributed by atoms with van der Waals surface area (Å²) in [6.45, 7) is 6.11. The number of hydrogen-bond donors (Lipinski definition) is 1. The van der Waals surface area contributed by atoms with Crippen molar-refractivity contribution in [1.82, 2.24) is 25.5 Å². The molecule has 3 rings (SSSR count). The normalized spacial score (nSPS) is 17.1. The highest BCUT2D eigenvalue weighted by molar-refractivity contribution is 8.00. The van der Waals surface area contributed by atoms with E-state index in [1.807, 2.05) is 19.1 Å². The van der Waals surface area contributed by atoms with Crippen LogP contribution in [0.2, 0.25) is 0 Å². The van der Waals surface area contributed by atoms with Gasteiger partial charge in [0.1, 0.15) is 5.54 Å². The largest absolute Gasteiger partial charge is 0.337 e. The fourth-order valence-corrected chi connectivity index (χ4v) is 4.19. The Morgan fingerprint density at radius 3 is 2.50 bits per heavy atom. The third kappa shape index (κ3) is 4.53. The van der Waals surface area contributed by atoms with E-state index in [-0.39, 0.29) is 5.91 Å². The van der Waals surface area contributed by atoms with Crippen molar-refractivity contribution < 1.29 is 4.79 Å². The molecule has 28 heavy (non-hydrogen) atoms. The average Bonchev–Trinajstić information content (AvgIpc) is 3.16. The van der Waals surface area contributed by atoms with Gasteiger partial charge in [0, 0.05) is 0 Å². The zero-order valence-electron chi connectivity index (χ0n) is 16.6. The number of carbonyl (C=O) groups is 1. The summed E-state index contributed by atoms with van der Waals surface area (Å²) in [4.78, 5) is 12.7. The van der Waals surface area contributed by atoms with Crippen molar-refractivity contribution >= 4 is 17.7 Å². The van der Waals surface area contributed by atoms with Gasteiger partial charge >= 0.3 is 0 Å². The maximum absolute atomic E-state index is 12.7. The molecular weight excluding hydrogens is 372 g/mol. The smallest absolute Gasteiger partial charge is 0.234 e. The molecule has 7 nitrogen and oxygen atoms in total. The lowest BCUT2D eigenvalue weighted by Gasteiger charge is -2.32. The SMILES string of the molecule is CC(C)c1ccc(-n2nnnc2S[C@H](C)C(=O)NC2(C#N)CCCCC2)cc1. The van der Waals surface area contributed by atoms with Crippen LogP contribution < -0.4 is 5.32 Å². The number of amides is 1. The van der Waals surface area contributed by atoms with E-state index < -0.39 is 10.8 Å². The van der Waals surface area contributed by atoms with Gasteiger partial charge in [-0.05, 0) is 53.8 Å². The second kappa shape index (κ2) is 8.74. The van der Waals surface area contributed by atoms with Crippen LogP contribution in [0.5, 0.6) is 0 Å². The molecule has 2 aromatic rings. The van der Waals surface area contributed by atoms with Gasteiger partial charge in [-0.1, -0.05) is 57.0 Å². The van der Waals surface area contributed by atoms with Crippen LogP contribution in [0.4, 0.5) is 0 Å². The molecule has 1 aliphatic carbocycles. The summed E-state index contributed by atoms with van der Waals surface area (Å²) >= 11 is 1.29. The number of aromatic nitrogens is 4. The summed E-state index contributed by atoms with van der Waals surface area (Å²) in [5, 5.41) is 24.6. The molecule has 0 unspecified atom stereocenters. The van der Waals surface area contributed by atoms with Crippen LogP contribution in [-0.4, -0.2) is 36.9 Å². The molecule has 1 N–H and O–H groups in total. The number of rotatable bonds is 6. The van der Waals surface area contributed by atoms with E-state index in [4.69, 9.17) is 0 Å². The first-order valence-electron chi connectivity index (χ1n) is 9.73. The van der Waals surface area contributed by atoms with E-state index >= 15 is 0 Å². The lowest BCUT2D eigenvalue weighted by molar-refractivity contribution is -0.121. The average molecular weight is 399 g/mol. The molecule has 1 fully saturated rings. The maximum Gasteiger partial charge on any atom is 0.234 e. The quantitative estimate of drug-likeness (QED) is 0.747. The molecule has 0 bridgehead atoms. The minimum atomic E-state index is -0.733. The Bertz CT molecular complexity index is 848. The molecule has 148 valence electrons. The zero-order valence-corrected chi connectivity index (χ0v) is 17.4. The van der Waals surface area contributed by atoms with Crippen LogP contribution in [0.25, 0.3) is 5.69 Å². The fourth-order valence-electron chi connectivity index (χ4n) is 3.38. The van der Waals surface area contributed by atoms with Crippen molar-refractivity contribution in [2.45, 2.75) is 74.7 Å². The van der Waals surface area contributed by atoms with E-state index in [0.717, 1.165) is 24.9 Å². The Kier molecular flexibility index (Phi) is 6.35. The van der Waals surface area contributed by atoms with Crippen molar-refractivity contribution in [3.8, 4) is 11.8 Å². The second-order valence-corrected chi connectivity index (χ2v) is 8.93. The molecule has 1 aromatic heterocycles. The van der Waals surface area contributed by atoms with Gasteiger partial charge in [-0.25, -0.2) is 0 Å². The third-order valence-corrected chi connectivity index (χ3v) is 6.21. The van der Waals surface area contributed by atoms with E-state index in [1.165, 1.54) is 17.3 Å². The van der Waals surface area contributed by atoms with Gasteiger partial charge in [0.15, 0.2) is 0 Å². The topological polar surface area (TPSA) is 96.5 Å². The summed E-state index contributed by atoms with van der Waals surface area (Å²) in [6, 6.07) is 10.4. The molecular formula is C20H26N6OS. The van der Waals surface area contributed by atoms with Crippen LogP contribution in [0.15, 0.2) is 29.4 Å². The van der Waals surface area contributed by atoms with Gasteiger partial charge in [0.25, 0.3) is 0 Å². The standard InChI is InChI=1S/C20H26N6OS/c1-14(2)16-7-9-17(10-8-16)26-19(23-24-25-26)28-15(3)18(27)22-20(13-21)11-5-4-6-12-20/h7-10,14-15H,4-6,11-12H2,1-3H3,(H,22,27)/t15-/m1/s1. The number of nitrogens with zero attached hydrogens (tertiary/aromatic N) is 5. The van der Waals surface area contributed by atoms with E-state index in [9.17, 15) is 10.1 Å². The highest BCUT2D eigenvalue weighted by atomic mass is 32.2. The fraction of sp³-hybridized carbons (Fsp3) is 0.550. The van der Waals surface area contributed by atoms with Crippen LogP contribution in [-0.2, 0) is 4.79 Å². The van der Waals surface area contributed by atoms with Gasteiger partial charge in [-0.15, -0.1) is 5.10 Å². The molecule has 1 aromatic carbocycles. The Balaban J connectivity index is 1.69. The molecule has 1 amide bonds. The van der Waals surface area contributed by atoms with Crippen molar-refractivity contribution in [3.05, 3.63) is 29.8 Å². The molecule has 1 saturated carbocycles. The Hall–Kier alpha value is -2.40. The summed E-state index contributed by atoms with van der Waals surface area (Å²) in [5.74, 6) is 0.297. The van der Waals surface area contributed by atoms with Crippen LogP contribution >= 0.6 is 11.8 Å². The van der Waals surface area contributed by atoms with Crippen molar-refractivity contribution in [2.75, 3.05) is 0 Å². The first kappa shape index (κ1) is 20.3. The van der Waals surface area contributed by atoms with Crippen LogP contribution in [0.1, 0.15) is 64.4 Å². The number of carbonyl (C=O) groups excluding carboxylic acids is 1. The number of thioether (sulfide) groups is 1. The number of hydrogen-bond acceptors (Lipinski definition) is 6. The highest BCUT2D eigenvalue weighted by Crippen LogP contribution is 2.29. The maximum atomic E-state index is 12.7. The van der Waals surface area contributed by atoms with Gasteiger partial charge in [0.2, 0.25) is 11.1 Å². The van der Waals surface area contributed by atoms with E-state index in [0.29, 0.717) is 23.9 Å². The van der Waals surface area contributed by atoms with Gasteiger partial charge in [0.05, 0.1) is 17.0 Å². The van der Waals surface area contributed by atoms with E-state index in [2.05, 4.69) is 52.9 Å². The molecule has 1 aliphatic rings. The molecule has 0 saturated heterocycles. The Labute approximate surface area is 169 Å². The first-order chi connectivity index (χ1) is 13.4. The monoisotopic (exact) mass is 398 g/mol. The van der Waals surface area contributed by atoms with Crippen LogP contribution in [0, 0.1) is 11.3 Å². The van der Waals surface area contributed by atoms with Gasteiger partial charge in [-0.3, -0.25) is 4.79 Å². The third-order valence-electron chi connectivity index (χ3n) is 5.18. The minimum Gasteiger partial charge on any atom is -0.337 e. The second-order valence-electron chi connectivity index (χ2n) is 7.62. The number of tetrazole rings is 1. The summed E-state index contributed by atoms with van der Waals surface area (Å²) < 4.78 is 1.64. The van der Waals surface area contributed by atoms with Gasteiger partial charge < -0.3 is 5.32 Å². The van der Waals surface area contributed by atoms with E-state index in [1.54, 1.807) is 4.68 Å². The molecule has 0 spiro atoms.